The Morgan fingerprint density at radius 1 is 1.38 bits per heavy atom. The van der Waals surface area contributed by atoms with Crippen molar-refractivity contribution < 1.29 is 14.6 Å². The van der Waals surface area contributed by atoms with Crippen molar-refractivity contribution in [1.29, 1.82) is 0 Å². The van der Waals surface area contributed by atoms with Crippen molar-refractivity contribution in [3.05, 3.63) is 34.5 Å². The number of morpholine rings is 1. The first kappa shape index (κ1) is 14.1. The van der Waals surface area contributed by atoms with E-state index in [9.17, 15) is 9.90 Å². The lowest BCUT2D eigenvalue weighted by atomic mass is 10.0. The van der Waals surface area contributed by atoms with Crippen molar-refractivity contribution in [2.45, 2.75) is 6.92 Å². The number of aromatic nitrogens is 1. The number of carboxylic acids is 1. The third-order valence-electron chi connectivity index (χ3n) is 3.75. The van der Waals surface area contributed by atoms with E-state index in [4.69, 9.17) is 16.3 Å². The van der Waals surface area contributed by atoms with Crippen molar-refractivity contribution in [3.63, 3.8) is 0 Å². The maximum absolute atomic E-state index is 11.4. The molecule has 0 saturated carbocycles. The second-order valence-corrected chi connectivity index (χ2v) is 5.38. The quantitative estimate of drug-likeness (QED) is 0.839. The number of carbonyl (C=O) groups excluding carboxylic acids is 1. The molecular weight excluding hydrogens is 292 g/mol. The first-order valence-electron chi connectivity index (χ1n) is 6.71. The van der Waals surface area contributed by atoms with Crippen molar-refractivity contribution in [3.8, 4) is 0 Å². The van der Waals surface area contributed by atoms with Crippen LogP contribution in [0.15, 0.2) is 18.3 Å². The van der Waals surface area contributed by atoms with Crippen LogP contribution in [0.4, 0.5) is 5.69 Å². The Morgan fingerprint density at radius 3 is 2.76 bits per heavy atom. The molecule has 0 bridgehead atoms. The third-order valence-corrected chi connectivity index (χ3v) is 4.15. The Hall–Kier alpha value is -1.85. The number of anilines is 1. The van der Waals surface area contributed by atoms with Gasteiger partial charge in [0.05, 0.1) is 30.4 Å². The van der Waals surface area contributed by atoms with Crippen LogP contribution in [0.5, 0.6) is 0 Å². The highest BCUT2D eigenvalue weighted by molar-refractivity contribution is 6.32. The van der Waals surface area contributed by atoms with Gasteiger partial charge in [0, 0.05) is 35.3 Å². The molecule has 0 spiro atoms. The molecule has 0 radical (unpaired) electrons. The Balaban J connectivity index is 2.28. The van der Waals surface area contributed by atoms with E-state index in [1.165, 1.54) is 6.20 Å². The second-order valence-electron chi connectivity index (χ2n) is 4.98. The van der Waals surface area contributed by atoms with Gasteiger partial charge in [-0.05, 0) is 24.6 Å². The van der Waals surface area contributed by atoms with E-state index in [-0.39, 0.29) is 5.56 Å². The van der Waals surface area contributed by atoms with Crippen LogP contribution in [0.25, 0.3) is 10.9 Å². The van der Waals surface area contributed by atoms with Crippen LogP contribution in [-0.4, -0.2) is 37.3 Å². The van der Waals surface area contributed by atoms with Gasteiger partial charge in [-0.3, -0.25) is 4.98 Å². The van der Waals surface area contributed by atoms with Crippen LogP contribution >= 0.6 is 11.6 Å². The molecule has 1 aliphatic heterocycles. The van der Waals surface area contributed by atoms with Crippen molar-refractivity contribution in [2.75, 3.05) is 31.2 Å². The number of aryl methyl sites for hydroxylation is 1. The summed E-state index contributed by atoms with van der Waals surface area (Å²) in [7, 11) is 0. The summed E-state index contributed by atoms with van der Waals surface area (Å²) >= 11 is 6.13. The average Bonchev–Trinajstić information content (AvgIpc) is 2.50. The largest absolute Gasteiger partial charge is 0.545 e. The molecule has 110 valence electrons. The smallest absolute Gasteiger partial charge is 0.0767 e. The standard InChI is InChI=1S/C15H15ClN2O3/c1-9-12(16)3-2-10-13(9)17-8-11(15(19)20)14(10)18-4-6-21-7-5-18/h2-3,8H,4-7H2,1H3,(H,19,20)/p-1. The zero-order chi connectivity index (χ0) is 15.0. The molecule has 0 amide bonds. The van der Waals surface area contributed by atoms with Crippen molar-refractivity contribution in [2.24, 2.45) is 0 Å². The Labute approximate surface area is 127 Å². The van der Waals surface area contributed by atoms with E-state index in [0.717, 1.165) is 10.9 Å². The summed E-state index contributed by atoms with van der Waals surface area (Å²) in [5.41, 5.74) is 2.30. The monoisotopic (exact) mass is 305 g/mol. The number of halogens is 1. The van der Waals surface area contributed by atoms with Crippen LogP contribution in [0, 0.1) is 6.92 Å². The van der Waals surface area contributed by atoms with Crippen molar-refractivity contribution >= 4 is 34.2 Å². The molecule has 21 heavy (non-hydrogen) atoms. The van der Waals surface area contributed by atoms with Gasteiger partial charge >= 0.3 is 0 Å². The zero-order valence-electron chi connectivity index (χ0n) is 11.6. The zero-order valence-corrected chi connectivity index (χ0v) is 12.3. The van der Waals surface area contributed by atoms with Gasteiger partial charge < -0.3 is 19.5 Å². The molecule has 3 rings (SSSR count). The predicted molar refractivity (Wildman–Crippen MR) is 78.9 cm³/mol. The highest BCUT2D eigenvalue weighted by atomic mass is 35.5. The number of pyridine rings is 1. The fourth-order valence-electron chi connectivity index (χ4n) is 2.65. The highest BCUT2D eigenvalue weighted by Gasteiger charge is 2.20. The first-order chi connectivity index (χ1) is 10.1. The van der Waals surface area contributed by atoms with Crippen LogP contribution in [0.2, 0.25) is 5.02 Å². The van der Waals surface area contributed by atoms with Crippen LogP contribution in [0.1, 0.15) is 15.9 Å². The van der Waals surface area contributed by atoms with Gasteiger partial charge in [0.15, 0.2) is 0 Å². The number of carbonyl (C=O) groups is 1. The maximum Gasteiger partial charge on any atom is 0.0767 e. The molecule has 2 aromatic rings. The molecule has 0 atom stereocenters. The summed E-state index contributed by atoms with van der Waals surface area (Å²) in [6.07, 6.45) is 1.35. The Kier molecular flexibility index (Phi) is 3.69. The summed E-state index contributed by atoms with van der Waals surface area (Å²) < 4.78 is 5.33. The van der Waals surface area contributed by atoms with Crippen LogP contribution < -0.4 is 10.0 Å². The molecule has 1 saturated heterocycles. The number of fused-ring (bicyclic) bond motifs is 1. The van der Waals surface area contributed by atoms with E-state index in [1.807, 2.05) is 17.9 Å². The van der Waals surface area contributed by atoms with Gasteiger partial charge in [-0.15, -0.1) is 0 Å². The minimum absolute atomic E-state index is 0.103. The van der Waals surface area contributed by atoms with Crippen LogP contribution in [-0.2, 0) is 4.74 Å². The summed E-state index contributed by atoms with van der Waals surface area (Å²) in [4.78, 5) is 17.7. The summed E-state index contributed by atoms with van der Waals surface area (Å²) in [6, 6.07) is 3.58. The molecule has 0 N–H and O–H groups in total. The fraction of sp³-hybridized carbons (Fsp3) is 0.333. The number of nitrogens with zero attached hydrogens (tertiary/aromatic N) is 2. The van der Waals surface area contributed by atoms with E-state index >= 15 is 0 Å². The highest BCUT2D eigenvalue weighted by Crippen LogP contribution is 2.33. The number of ether oxygens (including phenoxy) is 1. The molecule has 0 aliphatic carbocycles. The fourth-order valence-corrected chi connectivity index (χ4v) is 2.80. The van der Waals surface area contributed by atoms with Crippen LogP contribution in [0.3, 0.4) is 0 Å². The van der Waals surface area contributed by atoms with Gasteiger partial charge in [0.25, 0.3) is 0 Å². The second kappa shape index (κ2) is 5.50. The minimum atomic E-state index is -1.22. The number of carboxylic acid groups (broad SMARTS) is 1. The van der Waals surface area contributed by atoms with Gasteiger partial charge in [-0.2, -0.15) is 0 Å². The van der Waals surface area contributed by atoms with E-state index in [1.54, 1.807) is 6.07 Å². The Morgan fingerprint density at radius 2 is 2.10 bits per heavy atom. The molecule has 1 aliphatic rings. The molecule has 0 unspecified atom stereocenters. The van der Waals surface area contributed by atoms with Gasteiger partial charge in [0.1, 0.15) is 0 Å². The number of aromatic carboxylic acids is 1. The SMILES string of the molecule is Cc1c(Cl)ccc2c(N3CCOCC3)c(C(=O)[O-])cnc12. The summed E-state index contributed by atoms with van der Waals surface area (Å²) in [5.74, 6) is -1.22. The Bertz CT molecular complexity index is 712. The molecule has 6 heteroatoms. The van der Waals surface area contributed by atoms with E-state index in [0.29, 0.717) is 42.5 Å². The number of hydrogen-bond acceptors (Lipinski definition) is 5. The lowest BCUT2D eigenvalue weighted by molar-refractivity contribution is -0.254. The molecule has 5 nitrogen and oxygen atoms in total. The van der Waals surface area contributed by atoms with Crippen molar-refractivity contribution in [1.82, 2.24) is 4.98 Å². The normalized spacial score (nSPS) is 15.4. The predicted octanol–water partition coefficient (Wildman–Crippen LogP) is 1.40. The molecule has 1 fully saturated rings. The molecule has 1 aromatic carbocycles. The lowest BCUT2D eigenvalue weighted by Gasteiger charge is -2.32. The number of hydrogen-bond donors (Lipinski definition) is 0. The van der Waals surface area contributed by atoms with Gasteiger partial charge in [-0.1, -0.05) is 11.6 Å². The molecular formula is C15H14ClN2O3-. The molecule has 2 heterocycles. The summed E-state index contributed by atoms with van der Waals surface area (Å²) in [5, 5.41) is 12.8. The van der Waals surface area contributed by atoms with E-state index < -0.39 is 5.97 Å². The molecule has 1 aromatic heterocycles. The van der Waals surface area contributed by atoms with Gasteiger partial charge in [-0.25, -0.2) is 0 Å². The average molecular weight is 306 g/mol. The number of benzene rings is 1. The maximum atomic E-state index is 11.4. The topological polar surface area (TPSA) is 65.5 Å². The third kappa shape index (κ3) is 2.43. The minimum Gasteiger partial charge on any atom is -0.545 e. The summed E-state index contributed by atoms with van der Waals surface area (Å²) in [6.45, 7) is 4.30. The number of rotatable bonds is 2. The van der Waals surface area contributed by atoms with E-state index in [2.05, 4.69) is 4.98 Å². The lowest BCUT2D eigenvalue weighted by Crippen LogP contribution is -2.38. The van der Waals surface area contributed by atoms with Gasteiger partial charge in [0.2, 0.25) is 0 Å². The first-order valence-corrected chi connectivity index (χ1v) is 7.09.